The van der Waals surface area contributed by atoms with Crippen LogP contribution in [0.4, 0.5) is 0 Å². The van der Waals surface area contributed by atoms with Gasteiger partial charge in [-0.15, -0.1) is 0 Å². The molecule has 1 heterocycles. The minimum absolute atomic E-state index is 0.151. The normalized spacial score (nSPS) is 19.4. The summed E-state index contributed by atoms with van der Waals surface area (Å²) < 4.78 is 10.4. The third kappa shape index (κ3) is 4.73. The number of esters is 2. The number of cyclic esters (lactones) is 1. The molecule has 19 heavy (non-hydrogen) atoms. The highest BCUT2D eigenvalue weighted by atomic mass is 16.6. The molecule has 1 atom stereocenters. The molecule has 0 aliphatic carbocycles. The van der Waals surface area contributed by atoms with Gasteiger partial charge in [-0.1, -0.05) is 30.3 Å². The van der Waals surface area contributed by atoms with Gasteiger partial charge in [-0.2, -0.15) is 0 Å². The van der Waals surface area contributed by atoms with Crippen LogP contribution in [0.5, 0.6) is 0 Å². The Kier molecular flexibility index (Phi) is 4.95. The Morgan fingerprint density at radius 1 is 1.26 bits per heavy atom. The van der Waals surface area contributed by atoms with Crippen LogP contribution >= 0.6 is 0 Å². The van der Waals surface area contributed by atoms with E-state index in [1.54, 1.807) is 0 Å². The van der Waals surface area contributed by atoms with Gasteiger partial charge in [-0.05, 0) is 24.8 Å². The number of hydrogen-bond donors (Lipinski definition) is 0. The van der Waals surface area contributed by atoms with Crippen LogP contribution in [0.1, 0.15) is 37.7 Å². The van der Waals surface area contributed by atoms with Crippen LogP contribution in [-0.2, 0) is 25.7 Å². The average molecular weight is 262 g/mol. The smallest absolute Gasteiger partial charge is 0.309 e. The molecule has 1 saturated heterocycles. The molecule has 0 radical (unpaired) electrons. The van der Waals surface area contributed by atoms with Gasteiger partial charge < -0.3 is 9.47 Å². The first-order valence-electron chi connectivity index (χ1n) is 6.63. The fourth-order valence-corrected chi connectivity index (χ4v) is 2.07. The lowest BCUT2D eigenvalue weighted by atomic mass is 10.1. The summed E-state index contributed by atoms with van der Waals surface area (Å²) in [6.45, 7) is 0.264. The topological polar surface area (TPSA) is 52.6 Å². The van der Waals surface area contributed by atoms with Gasteiger partial charge >= 0.3 is 11.9 Å². The van der Waals surface area contributed by atoms with Crippen molar-refractivity contribution in [2.45, 2.75) is 44.8 Å². The highest BCUT2D eigenvalue weighted by molar-refractivity contribution is 5.72. The van der Waals surface area contributed by atoms with Crippen molar-refractivity contribution in [3.05, 3.63) is 35.9 Å². The van der Waals surface area contributed by atoms with E-state index in [9.17, 15) is 9.59 Å². The number of carbonyl (C=O) groups is 2. The molecule has 4 nitrogen and oxygen atoms in total. The molecule has 1 unspecified atom stereocenters. The highest BCUT2D eigenvalue weighted by Crippen LogP contribution is 2.17. The molecule has 2 rings (SSSR count). The van der Waals surface area contributed by atoms with E-state index in [0.29, 0.717) is 6.42 Å². The number of carbonyl (C=O) groups excluding carboxylic acids is 2. The summed E-state index contributed by atoms with van der Waals surface area (Å²) in [6.07, 6.45) is 2.79. The molecule has 0 amide bonds. The Morgan fingerprint density at radius 3 is 2.84 bits per heavy atom. The molecule has 0 N–H and O–H groups in total. The van der Waals surface area contributed by atoms with Crippen molar-refractivity contribution in [3.8, 4) is 0 Å². The predicted octanol–water partition coefficient (Wildman–Crippen LogP) is 2.61. The van der Waals surface area contributed by atoms with Gasteiger partial charge in [0.05, 0.1) is 6.42 Å². The molecule has 102 valence electrons. The monoisotopic (exact) mass is 262 g/mol. The molecule has 0 spiro atoms. The molecule has 4 heteroatoms. The van der Waals surface area contributed by atoms with Crippen molar-refractivity contribution in [2.24, 2.45) is 0 Å². The summed E-state index contributed by atoms with van der Waals surface area (Å²) in [7, 11) is 0. The van der Waals surface area contributed by atoms with Crippen molar-refractivity contribution >= 4 is 11.9 Å². The van der Waals surface area contributed by atoms with Gasteiger partial charge in [-0.3, -0.25) is 9.59 Å². The zero-order chi connectivity index (χ0) is 13.5. The summed E-state index contributed by atoms with van der Waals surface area (Å²) in [5, 5.41) is 0. The van der Waals surface area contributed by atoms with Gasteiger partial charge in [0.1, 0.15) is 12.7 Å². The first-order chi connectivity index (χ1) is 9.24. The van der Waals surface area contributed by atoms with E-state index >= 15 is 0 Å². The van der Waals surface area contributed by atoms with E-state index in [2.05, 4.69) is 0 Å². The molecule has 1 fully saturated rings. The van der Waals surface area contributed by atoms with E-state index < -0.39 is 0 Å². The SMILES string of the molecule is O=C(CC1CCCCC(=O)O1)OCc1ccccc1. The van der Waals surface area contributed by atoms with Crippen molar-refractivity contribution in [1.29, 1.82) is 0 Å². The van der Waals surface area contributed by atoms with E-state index in [0.717, 1.165) is 24.8 Å². The summed E-state index contributed by atoms with van der Waals surface area (Å²) in [5.41, 5.74) is 0.953. The second-order valence-corrected chi connectivity index (χ2v) is 4.71. The summed E-state index contributed by atoms with van der Waals surface area (Å²) in [6, 6.07) is 9.51. The molecule has 0 bridgehead atoms. The number of ether oxygens (including phenoxy) is 2. The molecule has 1 aliphatic heterocycles. The quantitative estimate of drug-likeness (QED) is 0.783. The minimum Gasteiger partial charge on any atom is -0.462 e. The second kappa shape index (κ2) is 6.92. The summed E-state index contributed by atoms with van der Waals surface area (Å²) in [4.78, 5) is 23.0. The Balaban J connectivity index is 1.76. The van der Waals surface area contributed by atoms with Crippen LogP contribution in [-0.4, -0.2) is 18.0 Å². The Bertz CT molecular complexity index is 427. The molecule has 1 aliphatic rings. The van der Waals surface area contributed by atoms with Crippen LogP contribution in [0.25, 0.3) is 0 Å². The zero-order valence-corrected chi connectivity index (χ0v) is 10.8. The van der Waals surface area contributed by atoms with Crippen LogP contribution in [0.2, 0.25) is 0 Å². The van der Waals surface area contributed by atoms with Crippen LogP contribution in [0, 0.1) is 0 Å². The van der Waals surface area contributed by atoms with Crippen molar-refractivity contribution in [3.63, 3.8) is 0 Å². The Morgan fingerprint density at radius 2 is 2.05 bits per heavy atom. The fraction of sp³-hybridized carbons (Fsp3) is 0.467. The van der Waals surface area contributed by atoms with Crippen LogP contribution in [0.3, 0.4) is 0 Å². The van der Waals surface area contributed by atoms with E-state index in [1.807, 2.05) is 30.3 Å². The summed E-state index contributed by atoms with van der Waals surface area (Å²) >= 11 is 0. The second-order valence-electron chi connectivity index (χ2n) is 4.71. The lowest BCUT2D eigenvalue weighted by molar-refractivity contribution is -0.154. The maximum atomic E-state index is 11.7. The maximum absolute atomic E-state index is 11.7. The Labute approximate surface area is 112 Å². The van der Waals surface area contributed by atoms with Crippen molar-refractivity contribution < 1.29 is 19.1 Å². The Hall–Kier alpha value is -1.84. The van der Waals surface area contributed by atoms with Crippen molar-refractivity contribution in [1.82, 2.24) is 0 Å². The highest BCUT2D eigenvalue weighted by Gasteiger charge is 2.21. The third-order valence-electron chi connectivity index (χ3n) is 3.09. The molecule has 1 aromatic carbocycles. The third-order valence-corrected chi connectivity index (χ3v) is 3.09. The van der Waals surface area contributed by atoms with Gasteiger partial charge in [-0.25, -0.2) is 0 Å². The molecule has 0 aromatic heterocycles. The van der Waals surface area contributed by atoms with Gasteiger partial charge in [0.15, 0.2) is 0 Å². The first kappa shape index (κ1) is 13.6. The van der Waals surface area contributed by atoms with Gasteiger partial charge in [0.25, 0.3) is 0 Å². The molecular weight excluding hydrogens is 244 g/mol. The lowest BCUT2D eigenvalue weighted by Gasteiger charge is -2.14. The van der Waals surface area contributed by atoms with E-state index in [4.69, 9.17) is 9.47 Å². The predicted molar refractivity (Wildman–Crippen MR) is 69.2 cm³/mol. The van der Waals surface area contributed by atoms with Crippen molar-refractivity contribution in [2.75, 3.05) is 0 Å². The number of hydrogen-bond acceptors (Lipinski definition) is 4. The van der Waals surface area contributed by atoms with E-state index in [-0.39, 0.29) is 31.1 Å². The largest absolute Gasteiger partial charge is 0.462 e. The maximum Gasteiger partial charge on any atom is 0.309 e. The standard InChI is InChI=1S/C15H18O4/c16-14-9-5-4-8-13(19-14)10-15(17)18-11-12-6-2-1-3-7-12/h1-3,6-7,13H,4-5,8-11H2. The average Bonchev–Trinajstić information content (AvgIpc) is 2.62. The number of rotatable bonds is 4. The van der Waals surface area contributed by atoms with Gasteiger partial charge in [0, 0.05) is 6.42 Å². The number of benzene rings is 1. The van der Waals surface area contributed by atoms with Crippen LogP contribution in [0.15, 0.2) is 30.3 Å². The van der Waals surface area contributed by atoms with Crippen LogP contribution < -0.4 is 0 Å². The first-order valence-corrected chi connectivity index (χ1v) is 6.63. The minimum atomic E-state index is -0.321. The lowest BCUT2D eigenvalue weighted by Crippen LogP contribution is -2.20. The summed E-state index contributed by atoms with van der Waals surface area (Å²) in [5.74, 6) is -0.526. The molecule has 1 aromatic rings. The van der Waals surface area contributed by atoms with E-state index in [1.165, 1.54) is 0 Å². The molecular formula is C15H18O4. The van der Waals surface area contributed by atoms with Gasteiger partial charge in [0.2, 0.25) is 0 Å². The zero-order valence-electron chi connectivity index (χ0n) is 10.8. The fourth-order valence-electron chi connectivity index (χ4n) is 2.07. The molecule has 0 saturated carbocycles.